The molecule has 134 valence electrons. The molecular formula is C19H28FNO3. The Morgan fingerprint density at radius 1 is 1.21 bits per heavy atom. The number of esters is 1. The Balaban J connectivity index is 2.71. The van der Waals surface area contributed by atoms with E-state index in [1.807, 2.05) is 13.8 Å². The molecule has 2 atom stereocenters. The summed E-state index contributed by atoms with van der Waals surface area (Å²) in [5, 5.41) is 2.66. The smallest absolute Gasteiger partial charge is 0.328 e. The standard InChI is InChI=1S/C19H28FNO3/c1-6-13(4)7-8-24-19(23)17(12(2)3)21-18(22)15-9-14(5)10-16(20)11-15/h9-13,17H,6-8H2,1-5H3,(H,21,22)/t13?,17-/m1/s1. The van der Waals surface area contributed by atoms with Gasteiger partial charge in [0, 0.05) is 5.56 Å². The zero-order valence-corrected chi connectivity index (χ0v) is 15.2. The second-order valence-electron chi connectivity index (χ2n) is 6.68. The Kier molecular flexibility index (Phi) is 7.89. The van der Waals surface area contributed by atoms with E-state index >= 15 is 0 Å². The van der Waals surface area contributed by atoms with E-state index in [9.17, 15) is 14.0 Å². The van der Waals surface area contributed by atoms with Crippen molar-refractivity contribution in [3.8, 4) is 0 Å². The largest absolute Gasteiger partial charge is 0.464 e. The van der Waals surface area contributed by atoms with E-state index in [1.165, 1.54) is 6.07 Å². The average Bonchev–Trinajstić information content (AvgIpc) is 2.50. The van der Waals surface area contributed by atoms with Crippen LogP contribution in [0.15, 0.2) is 18.2 Å². The molecule has 0 saturated heterocycles. The van der Waals surface area contributed by atoms with Crippen LogP contribution in [-0.4, -0.2) is 24.5 Å². The first-order chi connectivity index (χ1) is 11.2. The van der Waals surface area contributed by atoms with Gasteiger partial charge in [0.2, 0.25) is 0 Å². The van der Waals surface area contributed by atoms with Crippen LogP contribution in [-0.2, 0) is 9.53 Å². The number of nitrogens with one attached hydrogen (secondary N) is 1. The molecule has 0 aliphatic carbocycles. The summed E-state index contributed by atoms with van der Waals surface area (Å²) in [6.07, 6.45) is 1.82. The zero-order chi connectivity index (χ0) is 18.3. The fourth-order valence-corrected chi connectivity index (χ4v) is 2.24. The molecule has 0 radical (unpaired) electrons. The van der Waals surface area contributed by atoms with Crippen LogP contribution >= 0.6 is 0 Å². The molecule has 4 nitrogen and oxygen atoms in total. The van der Waals surface area contributed by atoms with Crippen LogP contribution in [0.5, 0.6) is 0 Å². The van der Waals surface area contributed by atoms with Gasteiger partial charge < -0.3 is 10.1 Å². The summed E-state index contributed by atoms with van der Waals surface area (Å²) in [6.45, 7) is 9.90. The molecule has 5 heteroatoms. The Morgan fingerprint density at radius 3 is 2.42 bits per heavy atom. The van der Waals surface area contributed by atoms with E-state index < -0.39 is 23.7 Å². The molecule has 0 bridgehead atoms. The molecule has 0 aliphatic rings. The third kappa shape index (κ3) is 6.30. The van der Waals surface area contributed by atoms with Crippen molar-refractivity contribution in [3.05, 3.63) is 35.1 Å². The summed E-state index contributed by atoms with van der Waals surface area (Å²) in [6, 6.07) is 3.34. The highest BCUT2D eigenvalue weighted by Gasteiger charge is 2.26. The lowest BCUT2D eigenvalue weighted by atomic mass is 10.0. The molecule has 0 spiro atoms. The second-order valence-corrected chi connectivity index (χ2v) is 6.68. The molecule has 1 unspecified atom stereocenters. The number of ether oxygens (including phenoxy) is 1. The van der Waals surface area contributed by atoms with Gasteiger partial charge >= 0.3 is 5.97 Å². The highest BCUT2D eigenvalue weighted by Crippen LogP contribution is 2.12. The summed E-state index contributed by atoms with van der Waals surface area (Å²) >= 11 is 0. The molecule has 1 amide bonds. The highest BCUT2D eigenvalue weighted by molar-refractivity contribution is 5.97. The summed E-state index contributed by atoms with van der Waals surface area (Å²) in [5.41, 5.74) is 0.850. The third-order valence-corrected chi connectivity index (χ3v) is 4.06. The predicted molar refractivity (Wildman–Crippen MR) is 92.3 cm³/mol. The summed E-state index contributed by atoms with van der Waals surface area (Å²) in [5.74, 6) is -1.04. The van der Waals surface area contributed by atoms with Gasteiger partial charge in [0.1, 0.15) is 11.9 Å². The maximum absolute atomic E-state index is 13.4. The Labute approximate surface area is 143 Å². The molecule has 1 rings (SSSR count). The fraction of sp³-hybridized carbons (Fsp3) is 0.579. The van der Waals surface area contributed by atoms with Crippen LogP contribution in [0.3, 0.4) is 0 Å². The van der Waals surface area contributed by atoms with Crippen LogP contribution in [0.2, 0.25) is 0 Å². The van der Waals surface area contributed by atoms with Gasteiger partial charge in [-0.1, -0.05) is 34.1 Å². The van der Waals surface area contributed by atoms with Gasteiger partial charge in [0.15, 0.2) is 0 Å². The van der Waals surface area contributed by atoms with Crippen LogP contribution in [0.1, 0.15) is 56.5 Å². The number of hydrogen-bond donors (Lipinski definition) is 1. The average molecular weight is 337 g/mol. The van der Waals surface area contributed by atoms with E-state index in [1.54, 1.807) is 13.0 Å². The van der Waals surface area contributed by atoms with E-state index in [2.05, 4.69) is 19.2 Å². The minimum absolute atomic E-state index is 0.125. The molecule has 24 heavy (non-hydrogen) atoms. The van der Waals surface area contributed by atoms with Crippen LogP contribution in [0.4, 0.5) is 4.39 Å². The van der Waals surface area contributed by atoms with Gasteiger partial charge in [-0.05, 0) is 48.9 Å². The van der Waals surface area contributed by atoms with Crippen molar-refractivity contribution in [1.82, 2.24) is 5.32 Å². The molecule has 0 aliphatic heterocycles. The van der Waals surface area contributed by atoms with E-state index in [4.69, 9.17) is 4.74 Å². The number of benzene rings is 1. The Morgan fingerprint density at radius 2 is 1.88 bits per heavy atom. The topological polar surface area (TPSA) is 55.4 Å². The molecule has 1 N–H and O–H groups in total. The highest BCUT2D eigenvalue weighted by atomic mass is 19.1. The quantitative estimate of drug-likeness (QED) is 0.733. The number of carbonyl (C=O) groups excluding carboxylic acids is 2. The van der Waals surface area contributed by atoms with Crippen molar-refractivity contribution in [2.24, 2.45) is 11.8 Å². The number of carbonyl (C=O) groups is 2. The van der Waals surface area contributed by atoms with Gasteiger partial charge in [0.05, 0.1) is 6.61 Å². The number of rotatable bonds is 8. The van der Waals surface area contributed by atoms with Gasteiger partial charge in [-0.25, -0.2) is 9.18 Å². The van der Waals surface area contributed by atoms with Gasteiger partial charge in [-0.15, -0.1) is 0 Å². The molecule has 1 aromatic rings. The van der Waals surface area contributed by atoms with E-state index in [-0.39, 0.29) is 11.5 Å². The summed E-state index contributed by atoms with van der Waals surface area (Å²) < 4.78 is 18.7. The monoisotopic (exact) mass is 337 g/mol. The lowest BCUT2D eigenvalue weighted by Crippen LogP contribution is -2.45. The van der Waals surface area contributed by atoms with Gasteiger partial charge in [-0.3, -0.25) is 4.79 Å². The van der Waals surface area contributed by atoms with Gasteiger partial charge in [-0.2, -0.15) is 0 Å². The Bertz CT molecular complexity index is 551. The Hall–Kier alpha value is -1.91. The number of hydrogen-bond acceptors (Lipinski definition) is 3. The first kappa shape index (κ1) is 20.1. The van der Waals surface area contributed by atoms with Crippen molar-refractivity contribution in [1.29, 1.82) is 0 Å². The minimum atomic E-state index is -0.752. The second kappa shape index (κ2) is 9.40. The fourth-order valence-electron chi connectivity index (χ4n) is 2.24. The van der Waals surface area contributed by atoms with Crippen molar-refractivity contribution >= 4 is 11.9 Å². The molecule has 0 aromatic heterocycles. The first-order valence-electron chi connectivity index (χ1n) is 8.49. The number of halogens is 1. The van der Waals surface area contributed by atoms with Crippen LogP contribution < -0.4 is 5.32 Å². The van der Waals surface area contributed by atoms with Crippen molar-refractivity contribution in [3.63, 3.8) is 0 Å². The van der Waals surface area contributed by atoms with Crippen LogP contribution in [0.25, 0.3) is 0 Å². The molecule has 0 heterocycles. The predicted octanol–water partition coefficient (Wildman–Crippen LogP) is 3.87. The maximum atomic E-state index is 13.4. The molecule has 0 saturated carbocycles. The molecular weight excluding hydrogens is 309 g/mol. The number of amides is 1. The normalized spacial score (nSPS) is 13.5. The van der Waals surface area contributed by atoms with E-state index in [0.717, 1.165) is 18.9 Å². The van der Waals surface area contributed by atoms with E-state index in [0.29, 0.717) is 18.1 Å². The minimum Gasteiger partial charge on any atom is -0.464 e. The summed E-state index contributed by atoms with van der Waals surface area (Å²) in [4.78, 5) is 24.6. The van der Waals surface area contributed by atoms with Crippen molar-refractivity contribution < 1.29 is 18.7 Å². The van der Waals surface area contributed by atoms with Crippen LogP contribution in [0, 0.1) is 24.6 Å². The zero-order valence-electron chi connectivity index (χ0n) is 15.2. The lowest BCUT2D eigenvalue weighted by molar-refractivity contribution is -0.147. The number of aryl methyl sites for hydroxylation is 1. The van der Waals surface area contributed by atoms with Gasteiger partial charge in [0.25, 0.3) is 5.91 Å². The van der Waals surface area contributed by atoms with Crippen molar-refractivity contribution in [2.75, 3.05) is 6.61 Å². The molecule has 0 fully saturated rings. The van der Waals surface area contributed by atoms with Crippen molar-refractivity contribution in [2.45, 2.75) is 53.5 Å². The third-order valence-electron chi connectivity index (χ3n) is 4.06. The maximum Gasteiger partial charge on any atom is 0.328 e. The molecule has 1 aromatic carbocycles. The lowest BCUT2D eigenvalue weighted by Gasteiger charge is -2.21. The SMILES string of the molecule is CCC(C)CCOC(=O)[C@H](NC(=O)c1cc(C)cc(F)c1)C(C)C. The first-order valence-corrected chi connectivity index (χ1v) is 8.49. The summed E-state index contributed by atoms with van der Waals surface area (Å²) in [7, 11) is 0.